The Morgan fingerprint density at radius 1 is 1.15 bits per heavy atom. The Bertz CT molecular complexity index is 1060. The molecule has 1 amide bonds. The molecule has 0 saturated heterocycles. The monoisotopic (exact) mass is 383 g/mol. The van der Waals surface area contributed by atoms with Gasteiger partial charge in [0, 0.05) is 30.2 Å². The van der Waals surface area contributed by atoms with Crippen molar-refractivity contribution in [2.24, 2.45) is 0 Å². The van der Waals surface area contributed by atoms with Gasteiger partial charge < -0.3 is 4.57 Å². The summed E-state index contributed by atoms with van der Waals surface area (Å²) in [7, 11) is 0. The maximum absolute atomic E-state index is 12.4. The number of hydrogen-bond acceptors (Lipinski definition) is 5. The van der Waals surface area contributed by atoms with Crippen molar-refractivity contribution >= 4 is 45.8 Å². The summed E-state index contributed by atoms with van der Waals surface area (Å²) in [5.74, 6) is 0.152. The first-order valence-corrected chi connectivity index (χ1v) is 9.24. The number of halogens is 1. The number of rotatable bonds is 5. The van der Waals surface area contributed by atoms with Crippen LogP contribution in [0.1, 0.15) is 16.2 Å². The molecule has 0 aliphatic carbocycles. The SMILES string of the molecule is O=C(Nc1nc2ccccc2n1CCc1ccccn1)c1csc(Cl)n1. The standard InChI is InChI=1S/C18H14ClN5OS/c19-17-21-14(11-26-17)16(25)23-18-22-13-6-1-2-7-15(13)24(18)10-8-12-5-3-4-9-20-12/h1-7,9,11H,8,10H2,(H,22,23,25). The molecule has 1 aromatic carbocycles. The van der Waals surface area contributed by atoms with E-state index in [0.29, 0.717) is 17.0 Å². The molecule has 4 aromatic rings. The number of hydrogen-bond donors (Lipinski definition) is 1. The number of imidazole rings is 1. The molecular formula is C18H14ClN5OS. The summed E-state index contributed by atoms with van der Waals surface area (Å²) in [6.45, 7) is 0.644. The fraction of sp³-hybridized carbons (Fsp3) is 0.111. The lowest BCUT2D eigenvalue weighted by Gasteiger charge is -2.09. The highest BCUT2D eigenvalue weighted by molar-refractivity contribution is 7.14. The average molecular weight is 384 g/mol. The normalized spacial score (nSPS) is 11.0. The van der Waals surface area contributed by atoms with Crippen LogP contribution in [0.2, 0.25) is 4.47 Å². The molecule has 0 atom stereocenters. The summed E-state index contributed by atoms with van der Waals surface area (Å²) in [6, 6.07) is 13.6. The van der Waals surface area contributed by atoms with Gasteiger partial charge in [0.15, 0.2) is 4.47 Å². The van der Waals surface area contributed by atoms with Crippen molar-refractivity contribution in [3.05, 3.63) is 69.9 Å². The summed E-state index contributed by atoms with van der Waals surface area (Å²) in [5, 5.41) is 4.47. The van der Waals surface area contributed by atoms with Crippen LogP contribution in [0.3, 0.4) is 0 Å². The van der Waals surface area contributed by atoms with Crippen LogP contribution in [0.5, 0.6) is 0 Å². The summed E-state index contributed by atoms with van der Waals surface area (Å²) >= 11 is 7.04. The largest absolute Gasteiger partial charge is 0.310 e. The number of aromatic nitrogens is 4. The van der Waals surface area contributed by atoms with E-state index in [-0.39, 0.29) is 11.6 Å². The third-order valence-corrected chi connectivity index (χ3v) is 4.89. The van der Waals surface area contributed by atoms with Crippen molar-refractivity contribution in [3.8, 4) is 0 Å². The number of carbonyl (C=O) groups excluding carboxylic acids is 1. The molecule has 8 heteroatoms. The van der Waals surface area contributed by atoms with Crippen molar-refractivity contribution in [2.45, 2.75) is 13.0 Å². The van der Waals surface area contributed by atoms with Crippen molar-refractivity contribution in [2.75, 3.05) is 5.32 Å². The molecule has 3 heterocycles. The zero-order valence-electron chi connectivity index (χ0n) is 13.6. The lowest BCUT2D eigenvalue weighted by Crippen LogP contribution is -2.17. The van der Waals surface area contributed by atoms with Crippen molar-refractivity contribution in [1.82, 2.24) is 19.5 Å². The van der Waals surface area contributed by atoms with Gasteiger partial charge in [0.05, 0.1) is 11.0 Å². The van der Waals surface area contributed by atoms with Crippen LogP contribution < -0.4 is 5.32 Å². The van der Waals surface area contributed by atoms with Crippen LogP contribution in [0.4, 0.5) is 5.95 Å². The van der Waals surface area contributed by atoms with E-state index < -0.39 is 0 Å². The Morgan fingerprint density at radius 3 is 2.77 bits per heavy atom. The number of aryl methyl sites for hydroxylation is 2. The second-order valence-corrected chi connectivity index (χ2v) is 7.03. The number of nitrogens with one attached hydrogen (secondary N) is 1. The Kier molecular flexibility index (Phi) is 4.64. The molecule has 0 saturated carbocycles. The minimum Gasteiger partial charge on any atom is -0.310 e. The molecule has 0 aliphatic heterocycles. The first-order valence-electron chi connectivity index (χ1n) is 7.98. The number of anilines is 1. The molecule has 0 radical (unpaired) electrons. The van der Waals surface area contributed by atoms with Gasteiger partial charge in [-0.2, -0.15) is 0 Å². The number of amides is 1. The topological polar surface area (TPSA) is 72.7 Å². The third kappa shape index (κ3) is 3.44. The summed E-state index contributed by atoms with van der Waals surface area (Å²) < 4.78 is 2.31. The molecule has 6 nitrogen and oxygen atoms in total. The van der Waals surface area contributed by atoms with Gasteiger partial charge in [0.1, 0.15) is 5.69 Å². The van der Waals surface area contributed by atoms with Gasteiger partial charge in [-0.3, -0.25) is 15.1 Å². The molecule has 0 unspecified atom stereocenters. The number of nitrogens with zero attached hydrogens (tertiary/aromatic N) is 4. The maximum atomic E-state index is 12.4. The van der Waals surface area contributed by atoms with Crippen molar-refractivity contribution in [1.29, 1.82) is 0 Å². The Balaban J connectivity index is 1.64. The van der Waals surface area contributed by atoms with E-state index in [2.05, 4.69) is 20.3 Å². The molecule has 0 bridgehead atoms. The van der Waals surface area contributed by atoms with Crippen LogP contribution in [0.15, 0.2) is 54.0 Å². The number of fused-ring (bicyclic) bond motifs is 1. The number of thiazole rings is 1. The summed E-state index contributed by atoms with van der Waals surface area (Å²) in [5.41, 5.74) is 3.03. The Labute approximate surface area is 158 Å². The highest BCUT2D eigenvalue weighted by Crippen LogP contribution is 2.21. The predicted molar refractivity (Wildman–Crippen MR) is 103 cm³/mol. The summed E-state index contributed by atoms with van der Waals surface area (Å²) in [6.07, 6.45) is 2.50. The minimum atomic E-state index is -0.331. The quantitative estimate of drug-likeness (QED) is 0.564. The van der Waals surface area contributed by atoms with E-state index in [1.807, 2.05) is 47.0 Å². The van der Waals surface area contributed by atoms with Gasteiger partial charge in [-0.25, -0.2) is 9.97 Å². The average Bonchev–Trinajstić information content (AvgIpc) is 3.24. The molecule has 1 N–H and O–H groups in total. The van der Waals surface area contributed by atoms with Crippen LogP contribution in [-0.4, -0.2) is 25.4 Å². The van der Waals surface area contributed by atoms with Crippen molar-refractivity contribution in [3.63, 3.8) is 0 Å². The van der Waals surface area contributed by atoms with Crippen molar-refractivity contribution < 1.29 is 4.79 Å². The fourth-order valence-corrected chi connectivity index (χ4v) is 3.44. The van der Waals surface area contributed by atoms with Crippen LogP contribution >= 0.6 is 22.9 Å². The zero-order chi connectivity index (χ0) is 17.9. The number of benzene rings is 1. The van der Waals surface area contributed by atoms with Gasteiger partial charge >= 0.3 is 0 Å². The molecule has 0 fully saturated rings. The maximum Gasteiger partial charge on any atom is 0.277 e. The molecular weight excluding hydrogens is 370 g/mol. The molecule has 26 heavy (non-hydrogen) atoms. The van der Waals surface area contributed by atoms with Gasteiger partial charge in [-0.15, -0.1) is 11.3 Å². The van der Waals surface area contributed by atoms with E-state index in [9.17, 15) is 4.79 Å². The lowest BCUT2D eigenvalue weighted by atomic mass is 10.2. The minimum absolute atomic E-state index is 0.281. The van der Waals surface area contributed by atoms with Gasteiger partial charge in [-0.1, -0.05) is 29.8 Å². The highest BCUT2D eigenvalue weighted by atomic mass is 35.5. The molecule has 4 rings (SSSR count). The second kappa shape index (κ2) is 7.23. The van der Waals surface area contributed by atoms with E-state index in [4.69, 9.17) is 11.6 Å². The molecule has 3 aromatic heterocycles. The van der Waals surface area contributed by atoms with Crippen LogP contribution in [0, 0.1) is 0 Å². The molecule has 0 spiro atoms. The van der Waals surface area contributed by atoms with E-state index in [1.54, 1.807) is 11.6 Å². The fourth-order valence-electron chi connectivity index (χ4n) is 2.69. The van der Waals surface area contributed by atoms with Gasteiger partial charge in [0.25, 0.3) is 5.91 Å². The molecule has 130 valence electrons. The third-order valence-electron chi connectivity index (χ3n) is 3.91. The van der Waals surface area contributed by atoms with Gasteiger partial charge in [0.2, 0.25) is 5.95 Å². The Morgan fingerprint density at radius 2 is 2.00 bits per heavy atom. The molecule has 0 aliphatic rings. The lowest BCUT2D eigenvalue weighted by molar-refractivity contribution is 0.102. The van der Waals surface area contributed by atoms with E-state index in [1.165, 1.54) is 11.3 Å². The predicted octanol–water partition coefficient (Wildman–Crippen LogP) is 4.04. The van der Waals surface area contributed by atoms with Crippen LogP contribution in [-0.2, 0) is 13.0 Å². The summed E-state index contributed by atoms with van der Waals surface area (Å²) in [4.78, 5) is 25.4. The smallest absolute Gasteiger partial charge is 0.277 e. The zero-order valence-corrected chi connectivity index (χ0v) is 15.2. The van der Waals surface area contributed by atoms with Crippen LogP contribution in [0.25, 0.3) is 11.0 Å². The highest BCUT2D eigenvalue weighted by Gasteiger charge is 2.16. The number of para-hydroxylation sites is 2. The Hall–Kier alpha value is -2.77. The van der Waals surface area contributed by atoms with E-state index >= 15 is 0 Å². The van der Waals surface area contributed by atoms with E-state index in [0.717, 1.165) is 23.1 Å². The first kappa shape index (κ1) is 16.7. The van der Waals surface area contributed by atoms with Gasteiger partial charge in [-0.05, 0) is 24.3 Å². The number of pyridine rings is 1. The first-order chi connectivity index (χ1) is 12.7. The second-order valence-electron chi connectivity index (χ2n) is 5.59. The number of carbonyl (C=O) groups is 1.